The normalized spacial score (nSPS) is 20.9. The molecule has 196 valence electrons. The number of carbonyl (C=O) groups is 1. The number of aryl methyl sites for hydroxylation is 1. The summed E-state index contributed by atoms with van der Waals surface area (Å²) in [6.45, 7) is 5.67. The van der Waals surface area contributed by atoms with Crippen molar-refractivity contribution < 1.29 is 27.4 Å². The molecule has 1 aliphatic heterocycles. The van der Waals surface area contributed by atoms with E-state index in [0.717, 1.165) is 26.1 Å². The fourth-order valence-electron chi connectivity index (χ4n) is 5.16. The largest absolute Gasteiger partial charge is 0.573 e. The summed E-state index contributed by atoms with van der Waals surface area (Å²) in [6, 6.07) is 14.3. The number of amides is 1. The maximum Gasteiger partial charge on any atom is 0.573 e. The maximum atomic E-state index is 13.0. The van der Waals surface area contributed by atoms with E-state index in [9.17, 15) is 18.0 Å². The van der Waals surface area contributed by atoms with Gasteiger partial charge < -0.3 is 19.3 Å². The molecule has 10 heteroatoms. The predicted molar refractivity (Wildman–Crippen MR) is 133 cm³/mol. The monoisotopic (exact) mass is 531 g/mol. The second-order valence-corrected chi connectivity index (χ2v) is 10.5. The van der Waals surface area contributed by atoms with Crippen LogP contribution >= 0.6 is 11.3 Å². The zero-order chi connectivity index (χ0) is 26.0. The highest BCUT2D eigenvalue weighted by molar-refractivity contribution is 7.07. The second-order valence-electron chi connectivity index (χ2n) is 9.76. The lowest BCUT2D eigenvalue weighted by molar-refractivity contribution is -0.274. The summed E-state index contributed by atoms with van der Waals surface area (Å²) < 4.78 is 47.5. The van der Waals surface area contributed by atoms with Gasteiger partial charge in [0, 0.05) is 32.7 Å². The Kier molecular flexibility index (Phi) is 7.39. The van der Waals surface area contributed by atoms with E-state index in [-0.39, 0.29) is 18.2 Å². The second kappa shape index (κ2) is 10.7. The summed E-state index contributed by atoms with van der Waals surface area (Å²) in [5.74, 6) is 1.26. The zero-order valence-electron chi connectivity index (χ0n) is 20.4. The Morgan fingerprint density at radius 3 is 2.57 bits per heavy atom. The van der Waals surface area contributed by atoms with Crippen LogP contribution in [0.5, 0.6) is 11.6 Å². The molecule has 2 unspecified atom stereocenters. The van der Waals surface area contributed by atoms with Crippen LogP contribution in [0.15, 0.2) is 59.4 Å². The third-order valence-electron chi connectivity index (χ3n) is 7.08. The average molecular weight is 532 g/mol. The van der Waals surface area contributed by atoms with Gasteiger partial charge in [-0.05, 0) is 54.4 Å². The molecular weight excluding hydrogens is 503 g/mol. The summed E-state index contributed by atoms with van der Waals surface area (Å²) in [7, 11) is 0. The zero-order valence-corrected chi connectivity index (χ0v) is 21.2. The van der Waals surface area contributed by atoms with Crippen molar-refractivity contribution in [1.29, 1.82) is 0 Å². The molecule has 1 aromatic heterocycles. The number of rotatable bonds is 9. The van der Waals surface area contributed by atoms with Crippen molar-refractivity contribution in [3.63, 3.8) is 0 Å². The van der Waals surface area contributed by atoms with Crippen LogP contribution in [-0.2, 0) is 13.0 Å². The molecular formula is C27H28F3N3O3S. The van der Waals surface area contributed by atoms with E-state index in [1.54, 1.807) is 21.9 Å². The first kappa shape index (κ1) is 25.5. The smallest absolute Gasteiger partial charge is 0.406 e. The van der Waals surface area contributed by atoms with Crippen molar-refractivity contribution in [3.8, 4) is 11.6 Å². The third kappa shape index (κ3) is 6.81. The molecule has 0 N–H and O–H groups in total. The molecule has 5 rings (SSSR count). The Bertz CT molecular complexity index is 1190. The maximum absolute atomic E-state index is 13.0. The summed E-state index contributed by atoms with van der Waals surface area (Å²) in [5.41, 5.74) is 4.69. The molecule has 2 aromatic carbocycles. The number of fused-ring (bicyclic) bond motifs is 1. The van der Waals surface area contributed by atoms with Crippen LogP contribution in [0.1, 0.15) is 16.7 Å². The standard InChI is InChI=1S/C27H28F3N3O3S/c1-18-5-7-19(8-6-18)9-10-32-13-22-23(14-32)24(22)15-33(26(34)35-25-16-37-17-31-25)12-20-3-2-4-21(11-20)36-27(28,29)30/h2-8,11,16-17,22-24H,9-10,12-15H2,1H3. The van der Waals surface area contributed by atoms with Crippen molar-refractivity contribution in [2.45, 2.75) is 26.3 Å². The third-order valence-corrected chi connectivity index (χ3v) is 7.65. The van der Waals surface area contributed by atoms with Crippen LogP contribution in [0.25, 0.3) is 0 Å². The number of ether oxygens (including phenoxy) is 2. The topological polar surface area (TPSA) is 54.9 Å². The van der Waals surface area contributed by atoms with Crippen LogP contribution < -0.4 is 9.47 Å². The average Bonchev–Trinajstić information content (AvgIpc) is 3.21. The van der Waals surface area contributed by atoms with Crippen molar-refractivity contribution >= 4 is 17.4 Å². The molecule has 0 bridgehead atoms. The number of hydrogen-bond donors (Lipinski definition) is 0. The number of halogens is 3. The van der Waals surface area contributed by atoms with Gasteiger partial charge in [-0.2, -0.15) is 0 Å². The molecule has 1 saturated carbocycles. The minimum Gasteiger partial charge on any atom is -0.406 e. The van der Waals surface area contributed by atoms with Gasteiger partial charge in [0.05, 0.1) is 10.9 Å². The Hall–Kier alpha value is -3.11. The molecule has 6 nitrogen and oxygen atoms in total. The van der Waals surface area contributed by atoms with Crippen LogP contribution in [0.3, 0.4) is 0 Å². The molecule has 2 atom stereocenters. The first-order valence-electron chi connectivity index (χ1n) is 12.2. The number of alkyl halides is 3. The Labute approximate surface area is 217 Å². The number of nitrogens with zero attached hydrogens (tertiary/aromatic N) is 3. The summed E-state index contributed by atoms with van der Waals surface area (Å²) >= 11 is 1.31. The lowest BCUT2D eigenvalue weighted by Crippen LogP contribution is -2.37. The van der Waals surface area contributed by atoms with Gasteiger partial charge in [0.2, 0.25) is 5.88 Å². The SMILES string of the molecule is Cc1ccc(CCN2CC3C(C2)C3CN(Cc2cccc(OC(F)(F)F)c2)C(=O)Oc2cscn2)cc1. The lowest BCUT2D eigenvalue weighted by atomic mass is 10.1. The molecule has 3 aromatic rings. The van der Waals surface area contributed by atoms with Crippen LogP contribution in [0.4, 0.5) is 18.0 Å². The first-order valence-corrected chi connectivity index (χ1v) is 13.2. The van der Waals surface area contributed by atoms with Gasteiger partial charge in [-0.1, -0.05) is 42.0 Å². The molecule has 37 heavy (non-hydrogen) atoms. The van der Waals surface area contributed by atoms with E-state index in [0.29, 0.717) is 29.9 Å². The molecule has 1 aliphatic carbocycles. The number of aromatic nitrogens is 1. The van der Waals surface area contributed by atoms with Gasteiger partial charge in [-0.25, -0.2) is 9.78 Å². The fourth-order valence-corrected chi connectivity index (χ4v) is 5.61. The van der Waals surface area contributed by atoms with Gasteiger partial charge >= 0.3 is 12.5 Å². The number of likely N-dealkylation sites (tertiary alicyclic amines) is 1. The Morgan fingerprint density at radius 1 is 1.14 bits per heavy atom. The van der Waals surface area contributed by atoms with E-state index in [2.05, 4.69) is 45.8 Å². The number of benzene rings is 2. The van der Waals surface area contributed by atoms with Crippen molar-refractivity contribution in [1.82, 2.24) is 14.8 Å². The van der Waals surface area contributed by atoms with Crippen LogP contribution in [0, 0.1) is 24.7 Å². The number of thiazole rings is 1. The van der Waals surface area contributed by atoms with Gasteiger partial charge in [-0.3, -0.25) is 0 Å². The number of hydrogen-bond acceptors (Lipinski definition) is 6. The van der Waals surface area contributed by atoms with Crippen molar-refractivity contribution in [2.75, 3.05) is 26.2 Å². The van der Waals surface area contributed by atoms with Gasteiger partial charge in [0.15, 0.2) is 0 Å². The molecule has 2 fully saturated rings. The molecule has 2 heterocycles. The summed E-state index contributed by atoms with van der Waals surface area (Å²) in [5, 5.41) is 1.63. The highest BCUT2D eigenvalue weighted by Gasteiger charge is 2.55. The molecule has 0 spiro atoms. The molecule has 0 radical (unpaired) electrons. The quantitative estimate of drug-likeness (QED) is 0.351. The fraction of sp³-hybridized carbons (Fsp3) is 0.407. The van der Waals surface area contributed by atoms with E-state index in [1.807, 2.05) is 0 Å². The number of piperidine rings is 1. The van der Waals surface area contributed by atoms with Gasteiger partial charge in [0.25, 0.3) is 0 Å². The summed E-state index contributed by atoms with van der Waals surface area (Å²) in [6.07, 6.45) is -4.33. The lowest BCUT2D eigenvalue weighted by Gasteiger charge is -2.25. The van der Waals surface area contributed by atoms with Gasteiger partial charge in [-0.15, -0.1) is 24.5 Å². The highest BCUT2D eigenvalue weighted by atomic mass is 32.1. The Balaban J connectivity index is 1.19. The predicted octanol–water partition coefficient (Wildman–Crippen LogP) is 5.77. The first-order chi connectivity index (χ1) is 17.7. The van der Waals surface area contributed by atoms with E-state index in [1.165, 1.54) is 40.7 Å². The minimum atomic E-state index is -4.78. The Morgan fingerprint density at radius 2 is 1.89 bits per heavy atom. The van der Waals surface area contributed by atoms with Crippen LogP contribution in [-0.4, -0.2) is 53.4 Å². The van der Waals surface area contributed by atoms with E-state index < -0.39 is 12.5 Å². The van der Waals surface area contributed by atoms with Crippen molar-refractivity contribution in [2.24, 2.45) is 17.8 Å². The molecule has 1 saturated heterocycles. The molecule has 2 aliphatic rings. The van der Waals surface area contributed by atoms with E-state index >= 15 is 0 Å². The minimum absolute atomic E-state index is 0.116. The van der Waals surface area contributed by atoms with Crippen molar-refractivity contribution in [3.05, 3.63) is 76.1 Å². The van der Waals surface area contributed by atoms with E-state index in [4.69, 9.17) is 4.74 Å². The van der Waals surface area contributed by atoms with Gasteiger partial charge in [0.1, 0.15) is 5.75 Å². The number of carbonyl (C=O) groups excluding carboxylic acids is 1. The molecule has 1 amide bonds. The highest BCUT2D eigenvalue weighted by Crippen LogP contribution is 2.52. The summed E-state index contributed by atoms with van der Waals surface area (Å²) in [4.78, 5) is 21.1. The van der Waals surface area contributed by atoms with Crippen LogP contribution in [0.2, 0.25) is 0 Å².